The topological polar surface area (TPSA) is 67.2 Å². The van der Waals surface area contributed by atoms with Crippen molar-refractivity contribution in [2.45, 2.75) is 44.1 Å². The number of hydrogen-bond donors (Lipinski definition) is 1. The first kappa shape index (κ1) is 19.8. The first-order valence-corrected chi connectivity index (χ1v) is 11.1. The normalized spacial score (nSPS) is 16.4. The summed E-state index contributed by atoms with van der Waals surface area (Å²) in [6.07, 6.45) is 7.99. The SMILES string of the molecule is Cc1nn(-c2ccccc2)c2c1N(CC(=O)NCCC1=CCCCC1)C(=O)CS2. The van der Waals surface area contributed by atoms with Crippen molar-refractivity contribution >= 4 is 29.3 Å². The molecule has 1 aliphatic carbocycles. The number of nitrogens with zero attached hydrogens (tertiary/aromatic N) is 3. The first-order valence-electron chi connectivity index (χ1n) is 10.2. The predicted octanol–water partition coefficient (Wildman–Crippen LogP) is 3.63. The van der Waals surface area contributed by atoms with Crippen molar-refractivity contribution in [3.8, 4) is 5.69 Å². The van der Waals surface area contributed by atoms with Crippen LogP contribution in [0.4, 0.5) is 5.69 Å². The Morgan fingerprint density at radius 1 is 1.24 bits per heavy atom. The van der Waals surface area contributed by atoms with Crippen molar-refractivity contribution in [2.24, 2.45) is 0 Å². The zero-order chi connectivity index (χ0) is 20.2. The van der Waals surface area contributed by atoms with Gasteiger partial charge in [0.15, 0.2) is 0 Å². The summed E-state index contributed by atoms with van der Waals surface area (Å²) < 4.78 is 1.86. The molecule has 152 valence electrons. The quantitative estimate of drug-likeness (QED) is 0.739. The van der Waals surface area contributed by atoms with Gasteiger partial charge in [-0.1, -0.05) is 41.6 Å². The zero-order valence-corrected chi connectivity index (χ0v) is 17.5. The highest BCUT2D eigenvalue weighted by Crippen LogP contribution is 2.39. The van der Waals surface area contributed by atoms with Crippen LogP contribution in [0.2, 0.25) is 0 Å². The van der Waals surface area contributed by atoms with E-state index in [4.69, 9.17) is 0 Å². The van der Waals surface area contributed by atoms with E-state index in [0.717, 1.165) is 41.4 Å². The van der Waals surface area contributed by atoms with Crippen LogP contribution in [0.5, 0.6) is 0 Å². The maximum absolute atomic E-state index is 12.6. The van der Waals surface area contributed by atoms with E-state index in [1.807, 2.05) is 41.9 Å². The fourth-order valence-corrected chi connectivity index (χ4v) is 4.96. The Kier molecular flexibility index (Phi) is 6.04. The van der Waals surface area contributed by atoms with Crippen molar-refractivity contribution in [3.05, 3.63) is 47.7 Å². The van der Waals surface area contributed by atoms with Gasteiger partial charge in [-0.25, -0.2) is 4.68 Å². The molecule has 0 saturated heterocycles. The van der Waals surface area contributed by atoms with Gasteiger partial charge in [0.1, 0.15) is 11.6 Å². The predicted molar refractivity (Wildman–Crippen MR) is 116 cm³/mol. The molecule has 7 heteroatoms. The minimum absolute atomic E-state index is 0.0345. The summed E-state index contributed by atoms with van der Waals surface area (Å²) in [4.78, 5) is 26.7. The van der Waals surface area contributed by atoms with E-state index < -0.39 is 0 Å². The second kappa shape index (κ2) is 8.86. The molecule has 0 bridgehead atoms. The lowest BCUT2D eigenvalue weighted by molar-refractivity contribution is -0.122. The minimum Gasteiger partial charge on any atom is -0.354 e. The molecule has 6 nitrogen and oxygen atoms in total. The van der Waals surface area contributed by atoms with E-state index in [9.17, 15) is 9.59 Å². The molecule has 0 atom stereocenters. The Hall–Kier alpha value is -2.54. The highest BCUT2D eigenvalue weighted by Gasteiger charge is 2.32. The standard InChI is InChI=1S/C22H26N4O2S/c1-16-21-22(26(24-16)18-10-6-3-7-11-18)29-15-20(28)25(21)14-19(27)23-13-12-17-8-4-2-5-9-17/h3,6-8,10-11H,2,4-5,9,12-15H2,1H3,(H,23,27). The molecule has 0 unspecified atom stereocenters. The Morgan fingerprint density at radius 3 is 2.83 bits per heavy atom. The number of para-hydroxylation sites is 1. The largest absolute Gasteiger partial charge is 0.354 e. The van der Waals surface area contributed by atoms with Crippen LogP contribution in [-0.4, -0.2) is 40.4 Å². The molecule has 0 radical (unpaired) electrons. The second-order valence-electron chi connectivity index (χ2n) is 7.46. The number of aromatic nitrogens is 2. The summed E-state index contributed by atoms with van der Waals surface area (Å²) >= 11 is 1.48. The van der Waals surface area contributed by atoms with Gasteiger partial charge >= 0.3 is 0 Å². The fourth-order valence-electron chi connectivity index (χ4n) is 3.88. The van der Waals surface area contributed by atoms with Gasteiger partial charge in [-0.15, -0.1) is 0 Å². The number of carbonyl (C=O) groups excluding carboxylic acids is 2. The Bertz CT molecular complexity index is 936. The van der Waals surface area contributed by atoms with Crippen molar-refractivity contribution in [2.75, 3.05) is 23.7 Å². The van der Waals surface area contributed by atoms with Crippen LogP contribution in [0.1, 0.15) is 37.8 Å². The average molecular weight is 411 g/mol. The van der Waals surface area contributed by atoms with Crippen LogP contribution in [0.25, 0.3) is 5.69 Å². The highest BCUT2D eigenvalue weighted by molar-refractivity contribution is 8.00. The van der Waals surface area contributed by atoms with Crippen LogP contribution in [-0.2, 0) is 9.59 Å². The summed E-state index contributed by atoms with van der Waals surface area (Å²) in [5, 5.41) is 8.53. The van der Waals surface area contributed by atoms with E-state index in [1.54, 1.807) is 4.90 Å². The van der Waals surface area contributed by atoms with Crippen LogP contribution in [0, 0.1) is 6.92 Å². The van der Waals surface area contributed by atoms with E-state index in [1.165, 1.54) is 30.2 Å². The maximum atomic E-state index is 12.6. The van der Waals surface area contributed by atoms with Crippen LogP contribution in [0.15, 0.2) is 47.0 Å². The Balaban J connectivity index is 1.46. The maximum Gasteiger partial charge on any atom is 0.240 e. The molecule has 2 amide bonds. The summed E-state index contributed by atoms with van der Waals surface area (Å²) in [7, 11) is 0. The zero-order valence-electron chi connectivity index (χ0n) is 16.7. The second-order valence-corrected chi connectivity index (χ2v) is 8.43. The van der Waals surface area contributed by atoms with Gasteiger partial charge in [-0.2, -0.15) is 5.10 Å². The van der Waals surface area contributed by atoms with E-state index >= 15 is 0 Å². The number of benzene rings is 1. The molecule has 0 fully saturated rings. The van der Waals surface area contributed by atoms with Gasteiger partial charge in [-0.3, -0.25) is 14.5 Å². The lowest BCUT2D eigenvalue weighted by Crippen LogP contribution is -2.43. The molecule has 2 heterocycles. The summed E-state index contributed by atoms with van der Waals surface area (Å²) in [5.74, 6) is 0.133. The monoisotopic (exact) mass is 410 g/mol. The van der Waals surface area contributed by atoms with E-state index in [0.29, 0.717) is 12.3 Å². The molecule has 1 aromatic heterocycles. The van der Waals surface area contributed by atoms with Crippen molar-refractivity contribution in [1.29, 1.82) is 0 Å². The van der Waals surface area contributed by atoms with Gasteiger partial charge in [-0.05, 0) is 51.2 Å². The molecule has 1 aliphatic heterocycles. The molecular formula is C22H26N4O2S. The lowest BCUT2D eigenvalue weighted by atomic mass is 9.97. The number of nitrogens with one attached hydrogen (secondary N) is 1. The molecule has 29 heavy (non-hydrogen) atoms. The molecule has 2 aromatic rings. The van der Waals surface area contributed by atoms with Crippen molar-refractivity contribution < 1.29 is 9.59 Å². The van der Waals surface area contributed by atoms with E-state index in [2.05, 4.69) is 16.5 Å². The third-order valence-corrected chi connectivity index (χ3v) is 6.38. The van der Waals surface area contributed by atoms with Gasteiger partial charge in [0.25, 0.3) is 0 Å². The summed E-state index contributed by atoms with van der Waals surface area (Å²) in [6.45, 7) is 2.54. The van der Waals surface area contributed by atoms with Crippen molar-refractivity contribution in [3.63, 3.8) is 0 Å². The number of rotatable bonds is 6. The Labute approximate surface area is 175 Å². The first-order chi connectivity index (χ1) is 14.1. The number of thioether (sulfide) groups is 1. The van der Waals surface area contributed by atoms with Gasteiger partial charge in [0.05, 0.1) is 22.8 Å². The number of carbonyl (C=O) groups is 2. The highest BCUT2D eigenvalue weighted by atomic mass is 32.2. The summed E-state index contributed by atoms with van der Waals surface area (Å²) in [5.41, 5.74) is 3.89. The smallest absolute Gasteiger partial charge is 0.240 e. The number of allylic oxidation sites excluding steroid dienone is 1. The number of fused-ring (bicyclic) bond motifs is 1. The van der Waals surface area contributed by atoms with Crippen LogP contribution in [0.3, 0.4) is 0 Å². The molecule has 0 spiro atoms. The number of amides is 2. The third kappa shape index (κ3) is 4.40. The lowest BCUT2D eigenvalue weighted by Gasteiger charge is -2.27. The fraction of sp³-hybridized carbons (Fsp3) is 0.409. The van der Waals surface area contributed by atoms with E-state index in [-0.39, 0.29) is 18.4 Å². The molecule has 1 aromatic carbocycles. The van der Waals surface area contributed by atoms with Gasteiger partial charge < -0.3 is 5.32 Å². The number of hydrogen-bond acceptors (Lipinski definition) is 4. The summed E-state index contributed by atoms with van der Waals surface area (Å²) in [6, 6.07) is 9.86. The molecule has 0 saturated carbocycles. The molecular weight excluding hydrogens is 384 g/mol. The third-order valence-electron chi connectivity index (χ3n) is 5.35. The number of anilines is 1. The van der Waals surface area contributed by atoms with Gasteiger partial charge in [0, 0.05) is 6.54 Å². The molecule has 1 N–H and O–H groups in total. The van der Waals surface area contributed by atoms with Crippen LogP contribution >= 0.6 is 11.8 Å². The van der Waals surface area contributed by atoms with Crippen molar-refractivity contribution in [1.82, 2.24) is 15.1 Å². The van der Waals surface area contributed by atoms with Gasteiger partial charge in [0.2, 0.25) is 11.8 Å². The molecule has 4 rings (SSSR count). The average Bonchev–Trinajstić information content (AvgIpc) is 3.08. The number of aryl methyl sites for hydroxylation is 1. The minimum atomic E-state index is -0.125. The Morgan fingerprint density at radius 2 is 2.07 bits per heavy atom. The van der Waals surface area contributed by atoms with Crippen LogP contribution < -0.4 is 10.2 Å². The molecule has 2 aliphatic rings.